The third kappa shape index (κ3) is 2.24. The fourth-order valence-corrected chi connectivity index (χ4v) is 2.57. The number of rotatable bonds is 5. The molecule has 2 fully saturated rings. The van der Waals surface area contributed by atoms with E-state index >= 15 is 0 Å². The number of benzene rings is 1. The van der Waals surface area contributed by atoms with Gasteiger partial charge in [-0.1, -0.05) is 12.1 Å². The Morgan fingerprint density at radius 3 is 2.75 bits per heavy atom. The van der Waals surface area contributed by atoms with Gasteiger partial charge in [-0.05, 0) is 42.9 Å². The lowest BCUT2D eigenvalue weighted by Crippen LogP contribution is -2.43. The van der Waals surface area contributed by atoms with E-state index in [-0.39, 0.29) is 17.7 Å². The predicted octanol–water partition coefficient (Wildman–Crippen LogP) is 1.53. The second-order valence-corrected chi connectivity index (χ2v) is 5.60. The lowest BCUT2D eigenvalue weighted by Gasteiger charge is -2.12. The van der Waals surface area contributed by atoms with E-state index in [1.54, 1.807) is 7.11 Å². The number of carboxylic acids is 1. The minimum absolute atomic E-state index is 0.112. The minimum Gasteiger partial charge on any atom is -0.497 e. The van der Waals surface area contributed by atoms with Gasteiger partial charge in [0.2, 0.25) is 5.91 Å². The average molecular weight is 275 g/mol. The molecule has 0 bridgehead atoms. The number of carbonyl (C=O) groups excluding carboxylic acids is 1. The van der Waals surface area contributed by atoms with Crippen LogP contribution in [0.1, 0.15) is 30.7 Å². The third-order valence-corrected chi connectivity index (χ3v) is 4.17. The molecule has 2 saturated carbocycles. The molecule has 0 saturated heterocycles. The molecule has 2 aliphatic rings. The number of nitrogens with one attached hydrogen (secondary N) is 1. The quantitative estimate of drug-likeness (QED) is 0.854. The van der Waals surface area contributed by atoms with Crippen LogP contribution in [0, 0.1) is 5.92 Å². The first kappa shape index (κ1) is 13.0. The highest BCUT2D eigenvalue weighted by molar-refractivity contribution is 5.92. The smallest absolute Gasteiger partial charge is 0.329 e. The van der Waals surface area contributed by atoms with Crippen molar-refractivity contribution in [2.24, 2.45) is 5.92 Å². The average Bonchev–Trinajstić information content (AvgIpc) is 3.32. The molecule has 2 unspecified atom stereocenters. The fourth-order valence-electron chi connectivity index (χ4n) is 2.57. The van der Waals surface area contributed by atoms with Crippen LogP contribution in [0.2, 0.25) is 0 Å². The van der Waals surface area contributed by atoms with E-state index in [0.29, 0.717) is 12.8 Å². The maximum atomic E-state index is 12.1. The van der Waals surface area contributed by atoms with Gasteiger partial charge >= 0.3 is 5.97 Å². The second kappa shape index (κ2) is 4.51. The van der Waals surface area contributed by atoms with Crippen LogP contribution in [0.25, 0.3) is 0 Å². The number of carboxylic acid groups (broad SMARTS) is 1. The zero-order valence-electron chi connectivity index (χ0n) is 11.3. The van der Waals surface area contributed by atoms with Gasteiger partial charge in [0.1, 0.15) is 11.3 Å². The number of carbonyl (C=O) groups is 2. The van der Waals surface area contributed by atoms with E-state index in [4.69, 9.17) is 9.84 Å². The number of ether oxygens (including phenoxy) is 1. The molecule has 2 atom stereocenters. The van der Waals surface area contributed by atoms with Crippen molar-refractivity contribution in [2.75, 3.05) is 7.11 Å². The Hall–Kier alpha value is -2.04. The summed E-state index contributed by atoms with van der Waals surface area (Å²) in [7, 11) is 1.61. The number of amides is 1. The van der Waals surface area contributed by atoms with Gasteiger partial charge in [-0.3, -0.25) is 4.79 Å². The molecule has 0 heterocycles. The van der Waals surface area contributed by atoms with Gasteiger partial charge in [-0.2, -0.15) is 0 Å². The van der Waals surface area contributed by atoms with Crippen LogP contribution in [-0.2, 0) is 9.59 Å². The van der Waals surface area contributed by atoms with Crippen LogP contribution in [0.3, 0.4) is 0 Å². The minimum atomic E-state index is -0.987. The molecule has 0 spiro atoms. The van der Waals surface area contributed by atoms with Gasteiger partial charge in [-0.15, -0.1) is 0 Å². The SMILES string of the molecule is COc1cccc(C2CC2C(=O)NC2(C(=O)O)CC2)c1. The molecule has 5 nitrogen and oxygen atoms in total. The van der Waals surface area contributed by atoms with Crippen LogP contribution in [0.15, 0.2) is 24.3 Å². The molecular formula is C15H17NO4. The molecule has 5 heteroatoms. The van der Waals surface area contributed by atoms with Crippen molar-refractivity contribution < 1.29 is 19.4 Å². The Balaban J connectivity index is 1.64. The van der Waals surface area contributed by atoms with Crippen LogP contribution < -0.4 is 10.1 Å². The monoisotopic (exact) mass is 275 g/mol. The highest BCUT2D eigenvalue weighted by Gasteiger charge is 2.54. The van der Waals surface area contributed by atoms with Crippen molar-refractivity contribution in [3.63, 3.8) is 0 Å². The van der Waals surface area contributed by atoms with Gasteiger partial charge in [0, 0.05) is 5.92 Å². The van der Waals surface area contributed by atoms with Crippen molar-refractivity contribution >= 4 is 11.9 Å². The first-order valence-electron chi connectivity index (χ1n) is 6.75. The first-order valence-corrected chi connectivity index (χ1v) is 6.75. The largest absolute Gasteiger partial charge is 0.497 e. The van der Waals surface area contributed by atoms with Gasteiger partial charge < -0.3 is 15.2 Å². The van der Waals surface area contributed by atoms with Crippen LogP contribution in [-0.4, -0.2) is 29.6 Å². The van der Waals surface area contributed by atoms with E-state index in [2.05, 4.69) is 5.32 Å². The van der Waals surface area contributed by atoms with Gasteiger partial charge in [0.15, 0.2) is 0 Å². The summed E-state index contributed by atoms with van der Waals surface area (Å²) < 4.78 is 5.17. The van der Waals surface area contributed by atoms with E-state index < -0.39 is 11.5 Å². The predicted molar refractivity (Wildman–Crippen MR) is 71.6 cm³/mol. The van der Waals surface area contributed by atoms with Crippen LogP contribution in [0.5, 0.6) is 5.75 Å². The molecule has 20 heavy (non-hydrogen) atoms. The summed E-state index contributed by atoms with van der Waals surface area (Å²) in [5.74, 6) is -0.228. The van der Waals surface area contributed by atoms with E-state index in [0.717, 1.165) is 17.7 Å². The summed E-state index contributed by atoms with van der Waals surface area (Å²) in [5.41, 5.74) is 0.0863. The summed E-state index contributed by atoms with van der Waals surface area (Å²) in [4.78, 5) is 23.2. The maximum Gasteiger partial charge on any atom is 0.329 e. The maximum absolute atomic E-state index is 12.1. The molecular weight excluding hydrogens is 258 g/mol. The molecule has 1 aromatic carbocycles. The molecule has 1 aromatic rings. The zero-order valence-corrected chi connectivity index (χ0v) is 11.3. The summed E-state index contributed by atoms with van der Waals surface area (Å²) in [5, 5.41) is 11.8. The van der Waals surface area contributed by atoms with Crippen molar-refractivity contribution in [1.29, 1.82) is 0 Å². The zero-order chi connectivity index (χ0) is 14.3. The standard InChI is InChI=1S/C15H17NO4/c1-20-10-4-2-3-9(7-10)11-8-12(11)13(17)16-15(5-6-15)14(18)19/h2-4,7,11-12H,5-6,8H2,1H3,(H,16,17)(H,18,19). The first-order chi connectivity index (χ1) is 9.55. The summed E-state index contributed by atoms with van der Waals surface area (Å²) in [6.07, 6.45) is 1.84. The molecule has 2 N–H and O–H groups in total. The molecule has 3 rings (SSSR count). The Labute approximate surface area is 116 Å². The number of methoxy groups -OCH3 is 1. The van der Waals surface area contributed by atoms with Gasteiger partial charge in [0.05, 0.1) is 7.11 Å². The molecule has 106 valence electrons. The van der Waals surface area contributed by atoms with Crippen LogP contribution in [0.4, 0.5) is 0 Å². The lowest BCUT2D eigenvalue weighted by molar-refractivity contribution is -0.143. The lowest BCUT2D eigenvalue weighted by atomic mass is 10.1. The molecule has 0 radical (unpaired) electrons. The van der Waals surface area contributed by atoms with Crippen molar-refractivity contribution in [3.8, 4) is 5.75 Å². The van der Waals surface area contributed by atoms with E-state index in [9.17, 15) is 9.59 Å². The number of hydrogen-bond acceptors (Lipinski definition) is 3. The van der Waals surface area contributed by atoms with E-state index in [1.807, 2.05) is 24.3 Å². The number of hydrogen-bond donors (Lipinski definition) is 2. The van der Waals surface area contributed by atoms with Gasteiger partial charge in [0.25, 0.3) is 0 Å². The van der Waals surface area contributed by atoms with Crippen molar-refractivity contribution in [1.82, 2.24) is 5.32 Å². The van der Waals surface area contributed by atoms with E-state index in [1.165, 1.54) is 0 Å². The van der Waals surface area contributed by atoms with Crippen molar-refractivity contribution in [3.05, 3.63) is 29.8 Å². The highest BCUT2D eigenvalue weighted by Crippen LogP contribution is 2.49. The molecule has 1 amide bonds. The molecule has 0 aliphatic heterocycles. The Morgan fingerprint density at radius 2 is 2.15 bits per heavy atom. The summed E-state index contributed by atoms with van der Waals surface area (Å²) in [6.45, 7) is 0. The fraction of sp³-hybridized carbons (Fsp3) is 0.467. The normalized spacial score (nSPS) is 25.6. The Morgan fingerprint density at radius 1 is 1.40 bits per heavy atom. The molecule has 2 aliphatic carbocycles. The highest BCUT2D eigenvalue weighted by atomic mass is 16.5. The molecule has 0 aromatic heterocycles. The van der Waals surface area contributed by atoms with Gasteiger partial charge in [-0.25, -0.2) is 4.79 Å². The van der Waals surface area contributed by atoms with Crippen LogP contribution >= 0.6 is 0 Å². The topological polar surface area (TPSA) is 75.6 Å². The number of aliphatic carboxylic acids is 1. The van der Waals surface area contributed by atoms with Crippen molar-refractivity contribution in [2.45, 2.75) is 30.7 Å². The Kier molecular flexibility index (Phi) is 2.92. The summed E-state index contributed by atoms with van der Waals surface area (Å²) >= 11 is 0. The summed E-state index contributed by atoms with van der Waals surface area (Å²) in [6, 6.07) is 7.68. The second-order valence-electron chi connectivity index (χ2n) is 5.60. The third-order valence-electron chi connectivity index (χ3n) is 4.17. The Bertz CT molecular complexity index is 565.